The Bertz CT molecular complexity index is 476. The average Bonchev–Trinajstić information content (AvgIpc) is 3.11. The van der Waals surface area contributed by atoms with Gasteiger partial charge in [-0.25, -0.2) is 9.97 Å². The van der Waals surface area contributed by atoms with Crippen LogP contribution < -0.4 is 15.5 Å². The molecular weight excluding hydrogens is 254 g/mol. The highest BCUT2D eigenvalue weighted by atomic mass is 16.5. The third-order valence-corrected chi connectivity index (χ3v) is 4.65. The van der Waals surface area contributed by atoms with E-state index >= 15 is 0 Å². The largest absolute Gasteiger partial charge is 0.378 e. The minimum absolute atomic E-state index is 0.515. The molecule has 0 amide bonds. The predicted octanol–water partition coefficient (Wildman–Crippen LogP) is 0.475. The van der Waals surface area contributed by atoms with Crippen molar-refractivity contribution in [3.63, 3.8) is 0 Å². The second kappa shape index (κ2) is 5.18. The third-order valence-electron chi connectivity index (χ3n) is 4.65. The van der Waals surface area contributed by atoms with Gasteiger partial charge in [0.1, 0.15) is 18.0 Å². The van der Waals surface area contributed by atoms with E-state index in [4.69, 9.17) is 4.74 Å². The number of morpholine rings is 1. The molecule has 6 heteroatoms. The molecule has 2 bridgehead atoms. The normalized spacial score (nSPS) is 32.6. The van der Waals surface area contributed by atoms with Gasteiger partial charge in [-0.05, 0) is 25.3 Å². The summed E-state index contributed by atoms with van der Waals surface area (Å²) in [6.45, 7) is 4.57. The first-order chi connectivity index (χ1) is 9.88. The van der Waals surface area contributed by atoms with Crippen LogP contribution >= 0.6 is 0 Å². The summed E-state index contributed by atoms with van der Waals surface area (Å²) in [7, 11) is 0. The number of hydrogen-bond donors (Lipinski definition) is 2. The second-order valence-corrected chi connectivity index (χ2v) is 5.96. The molecule has 1 aromatic heterocycles. The Morgan fingerprint density at radius 3 is 2.90 bits per heavy atom. The highest BCUT2D eigenvalue weighted by Gasteiger charge is 2.39. The topological polar surface area (TPSA) is 62.3 Å². The summed E-state index contributed by atoms with van der Waals surface area (Å²) >= 11 is 0. The van der Waals surface area contributed by atoms with Crippen LogP contribution in [0.25, 0.3) is 0 Å². The number of hydrogen-bond acceptors (Lipinski definition) is 6. The maximum Gasteiger partial charge on any atom is 0.134 e. The van der Waals surface area contributed by atoms with Crippen LogP contribution in [0.1, 0.15) is 12.8 Å². The quantitative estimate of drug-likeness (QED) is 0.836. The van der Waals surface area contributed by atoms with Gasteiger partial charge in [-0.15, -0.1) is 0 Å². The monoisotopic (exact) mass is 275 g/mol. The smallest absolute Gasteiger partial charge is 0.134 e. The number of nitrogens with one attached hydrogen (secondary N) is 2. The Labute approximate surface area is 118 Å². The van der Waals surface area contributed by atoms with Crippen molar-refractivity contribution >= 4 is 11.6 Å². The molecule has 3 fully saturated rings. The fourth-order valence-electron chi connectivity index (χ4n) is 3.59. The van der Waals surface area contributed by atoms with Crippen molar-refractivity contribution in [1.82, 2.24) is 15.3 Å². The van der Waals surface area contributed by atoms with Gasteiger partial charge < -0.3 is 20.3 Å². The number of aromatic nitrogens is 2. The van der Waals surface area contributed by atoms with Gasteiger partial charge in [-0.3, -0.25) is 0 Å². The molecule has 0 aromatic carbocycles. The molecule has 1 saturated carbocycles. The van der Waals surface area contributed by atoms with Crippen molar-refractivity contribution in [2.75, 3.05) is 43.1 Å². The predicted molar refractivity (Wildman–Crippen MR) is 77.0 cm³/mol. The van der Waals surface area contributed by atoms with E-state index in [1.54, 1.807) is 6.33 Å². The number of nitrogens with zero attached hydrogens (tertiary/aromatic N) is 3. The standard InChI is InChI=1S/C14H21N5O/c1-3-20-4-2-19(1)14-7-13(16-9-17-14)18-12-6-10-5-11(12)15-8-10/h7,9-12,15H,1-6,8H2,(H,16,17,18). The Morgan fingerprint density at radius 2 is 2.15 bits per heavy atom. The van der Waals surface area contributed by atoms with E-state index in [2.05, 4.69) is 31.6 Å². The Morgan fingerprint density at radius 1 is 1.25 bits per heavy atom. The Balaban J connectivity index is 1.45. The number of rotatable bonds is 3. The molecule has 0 radical (unpaired) electrons. The maximum atomic E-state index is 5.38. The number of piperidine rings is 1. The molecule has 0 spiro atoms. The van der Waals surface area contributed by atoms with Crippen LogP contribution in [0.15, 0.2) is 12.4 Å². The van der Waals surface area contributed by atoms with Crippen molar-refractivity contribution in [1.29, 1.82) is 0 Å². The Hall–Kier alpha value is -1.40. The van der Waals surface area contributed by atoms with Gasteiger partial charge in [0.05, 0.1) is 13.2 Å². The van der Waals surface area contributed by atoms with Gasteiger partial charge in [-0.2, -0.15) is 0 Å². The van der Waals surface area contributed by atoms with E-state index in [9.17, 15) is 0 Å². The van der Waals surface area contributed by atoms with E-state index < -0.39 is 0 Å². The molecule has 6 nitrogen and oxygen atoms in total. The molecule has 2 saturated heterocycles. The van der Waals surface area contributed by atoms with Crippen LogP contribution in [-0.2, 0) is 4.74 Å². The van der Waals surface area contributed by atoms with Gasteiger partial charge in [0.15, 0.2) is 0 Å². The molecule has 1 aliphatic carbocycles. The minimum Gasteiger partial charge on any atom is -0.378 e. The summed E-state index contributed by atoms with van der Waals surface area (Å²) in [5, 5.41) is 7.15. The SMILES string of the molecule is c1nc(NC2CC3CNC2C3)cc(N2CCOCC2)n1. The van der Waals surface area contributed by atoms with E-state index in [1.807, 2.05) is 0 Å². The van der Waals surface area contributed by atoms with Crippen molar-refractivity contribution < 1.29 is 4.74 Å². The molecule has 20 heavy (non-hydrogen) atoms. The van der Waals surface area contributed by atoms with Crippen molar-refractivity contribution in [2.45, 2.75) is 24.9 Å². The summed E-state index contributed by atoms with van der Waals surface area (Å²) in [6, 6.07) is 3.19. The van der Waals surface area contributed by atoms with Crippen molar-refractivity contribution in [3.05, 3.63) is 12.4 Å². The zero-order valence-electron chi connectivity index (χ0n) is 11.6. The minimum atomic E-state index is 0.515. The van der Waals surface area contributed by atoms with Gasteiger partial charge in [-0.1, -0.05) is 0 Å². The summed E-state index contributed by atoms with van der Waals surface area (Å²) in [6.07, 6.45) is 4.22. The van der Waals surface area contributed by atoms with Crippen LogP contribution in [-0.4, -0.2) is 54.9 Å². The molecule has 1 aromatic rings. The van der Waals surface area contributed by atoms with Crippen LogP contribution in [0.3, 0.4) is 0 Å². The molecular formula is C14H21N5O. The summed E-state index contributed by atoms with van der Waals surface area (Å²) < 4.78 is 5.38. The fraction of sp³-hybridized carbons (Fsp3) is 0.714. The van der Waals surface area contributed by atoms with Crippen molar-refractivity contribution in [2.24, 2.45) is 5.92 Å². The van der Waals surface area contributed by atoms with Crippen LogP contribution in [0.2, 0.25) is 0 Å². The lowest BCUT2D eigenvalue weighted by Crippen LogP contribution is -2.41. The van der Waals surface area contributed by atoms with E-state index in [-0.39, 0.29) is 0 Å². The van der Waals surface area contributed by atoms with E-state index in [1.165, 1.54) is 19.4 Å². The molecule has 108 valence electrons. The third kappa shape index (κ3) is 2.33. The molecule has 2 N–H and O–H groups in total. The van der Waals surface area contributed by atoms with Gasteiger partial charge >= 0.3 is 0 Å². The highest BCUT2D eigenvalue weighted by molar-refractivity contribution is 5.49. The van der Waals surface area contributed by atoms with E-state index in [0.29, 0.717) is 12.1 Å². The first-order valence-corrected chi connectivity index (χ1v) is 7.53. The summed E-state index contributed by atoms with van der Waals surface area (Å²) in [5.74, 6) is 2.79. The molecule has 3 heterocycles. The first kappa shape index (κ1) is 12.3. The van der Waals surface area contributed by atoms with Gasteiger partial charge in [0, 0.05) is 31.2 Å². The summed E-state index contributed by atoms with van der Waals surface area (Å²) in [4.78, 5) is 11.0. The zero-order chi connectivity index (χ0) is 13.4. The molecule has 3 atom stereocenters. The maximum absolute atomic E-state index is 5.38. The summed E-state index contributed by atoms with van der Waals surface area (Å²) in [5.41, 5.74) is 0. The van der Waals surface area contributed by atoms with Crippen LogP contribution in [0, 0.1) is 5.92 Å². The van der Waals surface area contributed by atoms with E-state index in [0.717, 1.165) is 43.9 Å². The fourth-order valence-corrected chi connectivity index (χ4v) is 3.59. The van der Waals surface area contributed by atoms with Gasteiger partial charge in [0.25, 0.3) is 0 Å². The number of fused-ring (bicyclic) bond motifs is 2. The zero-order valence-corrected chi connectivity index (χ0v) is 11.6. The number of ether oxygens (including phenoxy) is 1. The number of anilines is 2. The molecule has 4 rings (SSSR count). The lowest BCUT2D eigenvalue weighted by atomic mass is 10.1. The molecule has 2 aliphatic heterocycles. The van der Waals surface area contributed by atoms with Gasteiger partial charge in [0.2, 0.25) is 0 Å². The average molecular weight is 275 g/mol. The van der Waals surface area contributed by atoms with Crippen LogP contribution in [0.5, 0.6) is 0 Å². The molecule has 3 unspecified atom stereocenters. The first-order valence-electron chi connectivity index (χ1n) is 7.53. The van der Waals surface area contributed by atoms with Crippen molar-refractivity contribution in [3.8, 4) is 0 Å². The lowest BCUT2D eigenvalue weighted by Gasteiger charge is -2.28. The molecule has 3 aliphatic rings. The highest BCUT2D eigenvalue weighted by Crippen LogP contribution is 2.33. The Kier molecular flexibility index (Phi) is 3.20. The lowest BCUT2D eigenvalue weighted by molar-refractivity contribution is 0.122. The second-order valence-electron chi connectivity index (χ2n) is 5.96. The van der Waals surface area contributed by atoms with Crippen LogP contribution in [0.4, 0.5) is 11.6 Å².